The van der Waals surface area contributed by atoms with Crippen LogP contribution in [0.4, 0.5) is 0 Å². The molecular formula is C51H55N3O9. The van der Waals surface area contributed by atoms with Gasteiger partial charge in [-0.05, 0) is 145 Å². The van der Waals surface area contributed by atoms with Crippen LogP contribution in [0.1, 0.15) is 78.3 Å². The molecule has 0 amide bonds. The number of benzene rings is 3. The number of likely N-dealkylation sites (N-methyl/N-ethyl adjacent to an activating group) is 3. The Morgan fingerprint density at radius 3 is 1.41 bits per heavy atom. The second-order valence-corrected chi connectivity index (χ2v) is 21.0. The number of nitrogens with zero attached hydrogens (tertiary/aromatic N) is 3. The van der Waals surface area contributed by atoms with E-state index in [1.165, 1.54) is 16.7 Å². The van der Waals surface area contributed by atoms with Crippen LogP contribution in [0, 0.1) is 17.8 Å². The molecule has 328 valence electrons. The summed E-state index contributed by atoms with van der Waals surface area (Å²) in [4.78, 5) is 44.7. The summed E-state index contributed by atoms with van der Waals surface area (Å²) in [5, 5.41) is 30.6. The summed E-state index contributed by atoms with van der Waals surface area (Å²) in [7, 11) is 6.56. The third-order valence-electron chi connectivity index (χ3n) is 18.8. The minimum absolute atomic E-state index is 0.0398. The number of rotatable bonds is 0. The third kappa shape index (κ3) is 4.65. The monoisotopic (exact) mass is 853 g/mol. The maximum absolute atomic E-state index is 12.5. The highest BCUT2D eigenvalue weighted by Crippen LogP contribution is 2.65. The van der Waals surface area contributed by atoms with Crippen LogP contribution < -0.4 is 14.2 Å². The Bertz CT molecular complexity index is 2480. The molecule has 63 heavy (non-hydrogen) atoms. The van der Waals surface area contributed by atoms with Gasteiger partial charge in [0, 0.05) is 64.4 Å². The van der Waals surface area contributed by atoms with E-state index in [4.69, 9.17) is 14.2 Å². The normalized spacial score (nSPS) is 39.6. The molecule has 3 spiro atoms. The summed E-state index contributed by atoms with van der Waals surface area (Å²) in [5.74, 6) is 4.06. The minimum Gasteiger partial charge on any atom is -0.504 e. The van der Waals surface area contributed by atoms with Crippen molar-refractivity contribution in [2.45, 2.75) is 117 Å². The van der Waals surface area contributed by atoms with Crippen LogP contribution in [-0.2, 0) is 49.9 Å². The third-order valence-corrected chi connectivity index (χ3v) is 18.8. The Balaban J connectivity index is 0.0000000957. The number of hydrogen-bond donors (Lipinski definition) is 3. The van der Waals surface area contributed by atoms with Crippen molar-refractivity contribution in [3.8, 4) is 34.5 Å². The Kier molecular flexibility index (Phi) is 7.88. The fourth-order valence-electron chi connectivity index (χ4n) is 16.1. The van der Waals surface area contributed by atoms with Gasteiger partial charge in [-0.2, -0.15) is 0 Å². The van der Waals surface area contributed by atoms with Gasteiger partial charge in [0.05, 0.1) is 5.41 Å². The molecule has 12 heteroatoms. The molecule has 15 rings (SSSR count). The molecule has 6 aliphatic heterocycles. The number of carbonyl (C=O) groups is 3. The van der Waals surface area contributed by atoms with Gasteiger partial charge in [0.1, 0.15) is 0 Å². The fourth-order valence-corrected chi connectivity index (χ4v) is 16.1. The summed E-state index contributed by atoms with van der Waals surface area (Å²) < 4.78 is 18.1. The van der Waals surface area contributed by atoms with Crippen molar-refractivity contribution in [2.24, 2.45) is 17.8 Å². The van der Waals surface area contributed by atoms with Crippen LogP contribution in [0.2, 0.25) is 0 Å². The SMILES string of the molecule is CN1CC[C@]23c4c5ccc(O)c4O[C@H]2C(=O)C=C[C@H]3[C@H]1C5.CN1CC[C@]23c4c5ccc(O)c4O[C@H]2C(=O)CC[C@H]3[C@H]1C5.CN1CC[C@]23c4c5ccc(O)c4O[C@H]2C(=O)CC[C@H]3[C@H]1C5. The molecule has 12 nitrogen and oxygen atoms in total. The van der Waals surface area contributed by atoms with Crippen LogP contribution in [0.5, 0.6) is 34.5 Å². The average molecular weight is 854 g/mol. The van der Waals surface area contributed by atoms with Crippen LogP contribution in [0.25, 0.3) is 0 Å². The molecule has 3 saturated heterocycles. The molecule has 6 heterocycles. The van der Waals surface area contributed by atoms with Crippen molar-refractivity contribution in [2.75, 3.05) is 40.8 Å². The van der Waals surface area contributed by atoms with E-state index in [9.17, 15) is 29.7 Å². The molecule has 12 aliphatic rings. The topological polar surface area (TPSA) is 149 Å². The number of phenolic OH excluding ortho intramolecular Hbond substituents is 3. The van der Waals surface area contributed by atoms with E-state index < -0.39 is 6.10 Å². The molecule has 5 fully saturated rings. The van der Waals surface area contributed by atoms with Crippen molar-refractivity contribution in [1.29, 1.82) is 0 Å². The second kappa shape index (κ2) is 12.9. The van der Waals surface area contributed by atoms with E-state index in [1.807, 2.05) is 18.2 Å². The van der Waals surface area contributed by atoms with Gasteiger partial charge < -0.3 is 44.2 Å². The van der Waals surface area contributed by atoms with Crippen molar-refractivity contribution in [3.05, 3.63) is 81.9 Å². The number of aromatic hydroxyl groups is 3. The number of phenols is 3. The van der Waals surface area contributed by atoms with Crippen molar-refractivity contribution in [3.63, 3.8) is 0 Å². The number of ketones is 3. The molecule has 12 atom stereocenters. The van der Waals surface area contributed by atoms with Gasteiger partial charge >= 0.3 is 0 Å². The predicted octanol–water partition coefficient (Wildman–Crippen LogP) is 4.67. The van der Waals surface area contributed by atoms with E-state index in [-0.39, 0.29) is 63.1 Å². The largest absolute Gasteiger partial charge is 0.504 e. The van der Waals surface area contributed by atoms with Gasteiger partial charge in [-0.15, -0.1) is 0 Å². The average Bonchev–Trinajstić information content (AvgIpc) is 3.95. The van der Waals surface area contributed by atoms with E-state index in [0.717, 1.165) is 87.7 Å². The van der Waals surface area contributed by atoms with E-state index >= 15 is 0 Å². The maximum atomic E-state index is 12.5. The van der Waals surface area contributed by atoms with Crippen LogP contribution >= 0.6 is 0 Å². The lowest BCUT2D eigenvalue weighted by Crippen LogP contribution is -2.65. The van der Waals surface area contributed by atoms with Gasteiger partial charge in [-0.25, -0.2) is 0 Å². The number of piperidine rings is 3. The maximum Gasteiger partial charge on any atom is 0.196 e. The first-order valence-corrected chi connectivity index (χ1v) is 23.3. The van der Waals surface area contributed by atoms with Crippen LogP contribution in [-0.4, -0.2) is 125 Å². The zero-order valence-electron chi connectivity index (χ0n) is 36.1. The molecule has 2 saturated carbocycles. The lowest BCUT2D eigenvalue weighted by Gasteiger charge is -2.57. The standard InChI is InChI=1S/2C17H19NO3.C17H17NO3/c3*1-18-7-6-17-10-3-5-13(20)16(17)21-15-12(19)4-2-9(14(15)17)8-11(10)18/h2*2,4,10-11,16,19H,3,5-8H2,1H3;2-5,10-11,16,19H,6-8H2,1H3/t3*10-,11+,16-,17-/m000/s1. The van der Waals surface area contributed by atoms with Crippen molar-refractivity contribution >= 4 is 17.3 Å². The van der Waals surface area contributed by atoms with E-state index in [2.05, 4.69) is 41.9 Å². The summed E-state index contributed by atoms with van der Waals surface area (Å²) >= 11 is 0. The van der Waals surface area contributed by atoms with Gasteiger partial charge in [-0.1, -0.05) is 24.3 Å². The molecule has 0 unspecified atom stereocenters. The number of carbonyl (C=O) groups excluding carboxylic acids is 3. The zero-order valence-corrected chi connectivity index (χ0v) is 36.1. The highest BCUT2D eigenvalue weighted by atomic mass is 16.5. The van der Waals surface area contributed by atoms with E-state index in [1.54, 1.807) is 24.3 Å². The van der Waals surface area contributed by atoms with Crippen molar-refractivity contribution < 1.29 is 43.9 Å². The summed E-state index contributed by atoms with van der Waals surface area (Å²) in [6, 6.07) is 12.6. The lowest BCUT2D eigenvalue weighted by molar-refractivity contribution is -0.138. The molecule has 0 aromatic heterocycles. The Morgan fingerprint density at radius 1 is 0.540 bits per heavy atom. The molecule has 6 bridgehead atoms. The van der Waals surface area contributed by atoms with E-state index in [0.29, 0.717) is 66.0 Å². The van der Waals surface area contributed by atoms with Gasteiger partial charge in [0.25, 0.3) is 0 Å². The Labute approximate surface area is 366 Å². The number of ether oxygens (including phenoxy) is 3. The number of likely N-dealkylation sites (tertiary alicyclic amines) is 3. The Morgan fingerprint density at radius 2 is 0.937 bits per heavy atom. The first-order valence-electron chi connectivity index (χ1n) is 23.3. The molecule has 6 aliphatic carbocycles. The van der Waals surface area contributed by atoms with Gasteiger partial charge in [0.15, 0.2) is 70.2 Å². The highest BCUT2D eigenvalue weighted by Gasteiger charge is 2.68. The van der Waals surface area contributed by atoms with Crippen LogP contribution in [0.3, 0.4) is 0 Å². The molecule has 3 aromatic carbocycles. The summed E-state index contributed by atoms with van der Waals surface area (Å²) in [6.07, 6.45) is 11.6. The zero-order chi connectivity index (χ0) is 43.1. The minimum atomic E-state index is -0.453. The first kappa shape index (κ1) is 38.5. The predicted molar refractivity (Wildman–Crippen MR) is 230 cm³/mol. The molecule has 0 radical (unpaired) electrons. The highest BCUT2D eigenvalue weighted by molar-refractivity contribution is 5.98. The Hall–Kier alpha value is -4.91. The fraction of sp³-hybridized carbons (Fsp3) is 0.549. The van der Waals surface area contributed by atoms with Crippen molar-refractivity contribution in [1.82, 2.24) is 14.7 Å². The summed E-state index contributed by atoms with van der Waals surface area (Å²) in [5.41, 5.74) is 6.61. The first-order chi connectivity index (χ1) is 30.4. The van der Waals surface area contributed by atoms with Gasteiger partial charge in [0.2, 0.25) is 0 Å². The quantitative estimate of drug-likeness (QED) is 0.289. The molecular weight excluding hydrogens is 799 g/mol. The van der Waals surface area contributed by atoms with Crippen LogP contribution in [0.15, 0.2) is 48.6 Å². The molecule has 3 N–H and O–H groups in total. The second-order valence-electron chi connectivity index (χ2n) is 21.0. The lowest BCUT2D eigenvalue weighted by atomic mass is 9.52. The summed E-state index contributed by atoms with van der Waals surface area (Å²) in [6.45, 7) is 2.97. The molecule has 3 aromatic rings. The van der Waals surface area contributed by atoms with Gasteiger partial charge in [-0.3, -0.25) is 14.4 Å². The number of Topliss-reactive ketones (excluding diaryl/α,β-unsaturated/α-hetero) is 2. The smallest absolute Gasteiger partial charge is 0.196 e. The number of hydrogen-bond acceptors (Lipinski definition) is 12.